The normalized spacial score (nSPS) is 10.1. The Morgan fingerprint density at radius 1 is 1.21 bits per heavy atom. The molecule has 0 spiro atoms. The van der Waals surface area contributed by atoms with Crippen molar-refractivity contribution >= 4 is 29.2 Å². The third-order valence-electron chi connectivity index (χ3n) is 3.15. The second-order valence-corrected chi connectivity index (χ2v) is 5.27. The third-order valence-corrected chi connectivity index (χ3v) is 3.39. The van der Waals surface area contributed by atoms with Gasteiger partial charge >= 0.3 is 5.97 Å². The molecule has 8 heteroatoms. The number of hydrogen-bond donors (Lipinski definition) is 1. The average molecular weight is 349 g/mol. The van der Waals surface area contributed by atoms with Crippen molar-refractivity contribution in [3.05, 3.63) is 74.3 Å². The first-order chi connectivity index (χ1) is 11.4. The molecular weight excluding hydrogens is 336 g/mol. The summed E-state index contributed by atoms with van der Waals surface area (Å²) in [6, 6.07) is 10.3. The molecule has 0 radical (unpaired) electrons. The van der Waals surface area contributed by atoms with Crippen LogP contribution in [0.4, 0.5) is 5.69 Å². The quantitative estimate of drug-likeness (QED) is 0.509. The molecular formula is C16H13ClN2O5. The first-order valence-corrected chi connectivity index (χ1v) is 7.19. The summed E-state index contributed by atoms with van der Waals surface area (Å²) in [5.41, 5.74) is 0.325. The highest BCUT2D eigenvalue weighted by molar-refractivity contribution is 6.30. The molecule has 0 aliphatic carbocycles. The number of hydrogen-bond acceptors (Lipinski definition) is 5. The Morgan fingerprint density at radius 3 is 2.54 bits per heavy atom. The van der Waals surface area contributed by atoms with Crippen LogP contribution >= 0.6 is 11.6 Å². The number of carbonyl (C=O) groups is 2. The van der Waals surface area contributed by atoms with Gasteiger partial charge in [-0.1, -0.05) is 23.7 Å². The molecule has 0 heterocycles. The van der Waals surface area contributed by atoms with Crippen LogP contribution in [0, 0.1) is 10.1 Å². The number of non-ortho nitro benzene ring substituents is 1. The monoisotopic (exact) mass is 348 g/mol. The lowest BCUT2D eigenvalue weighted by Crippen LogP contribution is -2.23. The van der Waals surface area contributed by atoms with Crippen LogP contribution in [0.5, 0.6) is 0 Å². The van der Waals surface area contributed by atoms with Crippen LogP contribution in [-0.4, -0.2) is 23.9 Å². The Kier molecular flexibility index (Phi) is 5.49. The number of esters is 1. The van der Waals surface area contributed by atoms with Gasteiger partial charge in [0.05, 0.1) is 17.6 Å². The highest BCUT2D eigenvalue weighted by atomic mass is 35.5. The van der Waals surface area contributed by atoms with E-state index in [9.17, 15) is 19.7 Å². The number of nitrogens with zero attached hydrogens (tertiary/aromatic N) is 1. The number of halogens is 1. The minimum absolute atomic E-state index is 0.00775. The van der Waals surface area contributed by atoms with Crippen LogP contribution in [0.2, 0.25) is 5.02 Å². The van der Waals surface area contributed by atoms with E-state index in [4.69, 9.17) is 11.6 Å². The summed E-state index contributed by atoms with van der Waals surface area (Å²) in [5, 5.41) is 14.1. The maximum absolute atomic E-state index is 12.2. The summed E-state index contributed by atoms with van der Waals surface area (Å²) in [5.74, 6) is -1.31. The molecule has 0 unspecified atom stereocenters. The van der Waals surface area contributed by atoms with Gasteiger partial charge in [0.25, 0.3) is 11.6 Å². The molecule has 0 aliphatic rings. The van der Waals surface area contributed by atoms with Gasteiger partial charge < -0.3 is 10.1 Å². The summed E-state index contributed by atoms with van der Waals surface area (Å²) in [6.07, 6.45) is 0. The van der Waals surface area contributed by atoms with Crippen LogP contribution < -0.4 is 5.32 Å². The van der Waals surface area contributed by atoms with E-state index in [0.29, 0.717) is 5.02 Å². The van der Waals surface area contributed by atoms with Crippen LogP contribution in [0.25, 0.3) is 0 Å². The van der Waals surface area contributed by atoms with E-state index in [1.165, 1.54) is 6.07 Å². The molecule has 0 saturated heterocycles. The maximum atomic E-state index is 12.2. The van der Waals surface area contributed by atoms with E-state index in [0.717, 1.165) is 24.8 Å². The Hall–Kier alpha value is -2.93. The van der Waals surface area contributed by atoms with E-state index in [1.807, 2.05) is 0 Å². The first kappa shape index (κ1) is 17.4. The molecule has 0 bridgehead atoms. The fourth-order valence-electron chi connectivity index (χ4n) is 2.01. The number of nitrogens with one attached hydrogen (secondary N) is 1. The molecule has 124 valence electrons. The maximum Gasteiger partial charge on any atom is 0.338 e. The fourth-order valence-corrected chi connectivity index (χ4v) is 2.23. The molecule has 0 atom stereocenters. The second-order valence-electron chi connectivity index (χ2n) is 4.83. The number of amides is 1. The summed E-state index contributed by atoms with van der Waals surface area (Å²) < 4.78 is 4.54. The molecule has 2 aromatic rings. The number of nitro groups is 1. The van der Waals surface area contributed by atoms with Crippen molar-refractivity contribution in [1.82, 2.24) is 5.32 Å². The van der Waals surface area contributed by atoms with Gasteiger partial charge in [-0.25, -0.2) is 4.79 Å². The Balaban J connectivity index is 2.23. The van der Waals surface area contributed by atoms with Crippen molar-refractivity contribution in [2.75, 3.05) is 7.11 Å². The van der Waals surface area contributed by atoms with Crippen LogP contribution in [0.15, 0.2) is 42.5 Å². The highest BCUT2D eigenvalue weighted by Crippen LogP contribution is 2.18. The summed E-state index contributed by atoms with van der Waals surface area (Å²) in [4.78, 5) is 34.1. The molecule has 1 amide bonds. The molecule has 24 heavy (non-hydrogen) atoms. The molecule has 7 nitrogen and oxygen atoms in total. The fraction of sp³-hybridized carbons (Fsp3) is 0.125. The van der Waals surface area contributed by atoms with E-state index < -0.39 is 16.8 Å². The van der Waals surface area contributed by atoms with Gasteiger partial charge in [0.2, 0.25) is 0 Å². The van der Waals surface area contributed by atoms with Gasteiger partial charge in [-0.15, -0.1) is 0 Å². The molecule has 0 aromatic heterocycles. The van der Waals surface area contributed by atoms with E-state index in [2.05, 4.69) is 10.1 Å². The zero-order valence-electron chi connectivity index (χ0n) is 12.6. The van der Waals surface area contributed by atoms with E-state index in [-0.39, 0.29) is 23.4 Å². The third kappa shape index (κ3) is 4.30. The Morgan fingerprint density at radius 2 is 1.92 bits per heavy atom. The van der Waals surface area contributed by atoms with Crippen LogP contribution in [0.3, 0.4) is 0 Å². The number of carbonyl (C=O) groups excluding carboxylic acids is 2. The smallest absolute Gasteiger partial charge is 0.338 e. The molecule has 0 aliphatic heterocycles. The zero-order valence-corrected chi connectivity index (χ0v) is 13.4. The molecule has 2 aromatic carbocycles. The first-order valence-electron chi connectivity index (χ1n) is 6.81. The van der Waals surface area contributed by atoms with Crippen molar-refractivity contribution in [1.29, 1.82) is 0 Å². The largest absolute Gasteiger partial charge is 0.465 e. The Bertz CT molecular complexity index is 807. The van der Waals surface area contributed by atoms with Gasteiger partial charge in [0.15, 0.2) is 0 Å². The van der Waals surface area contributed by atoms with E-state index in [1.54, 1.807) is 24.3 Å². The van der Waals surface area contributed by atoms with Crippen LogP contribution in [0.1, 0.15) is 26.3 Å². The Labute approximate surface area is 142 Å². The zero-order chi connectivity index (χ0) is 17.7. The van der Waals surface area contributed by atoms with Crippen molar-refractivity contribution < 1.29 is 19.2 Å². The summed E-state index contributed by atoms with van der Waals surface area (Å²) in [6.45, 7) is 0.190. The number of methoxy groups -OCH3 is 1. The number of ether oxygens (including phenoxy) is 1. The summed E-state index contributed by atoms with van der Waals surface area (Å²) in [7, 11) is 1.15. The number of nitro benzene ring substituents is 1. The average Bonchev–Trinajstić information content (AvgIpc) is 2.58. The van der Waals surface area contributed by atoms with Crippen molar-refractivity contribution in [3.8, 4) is 0 Å². The molecule has 2 rings (SSSR count). The number of benzene rings is 2. The standard InChI is InChI=1S/C16H13ClN2O5/c1-24-16(21)12-6-11(7-14(8-12)19(22)23)15(20)18-9-10-3-2-4-13(17)5-10/h2-8H,9H2,1H3,(H,18,20). The van der Waals surface area contributed by atoms with Crippen molar-refractivity contribution in [2.24, 2.45) is 0 Å². The van der Waals surface area contributed by atoms with Gasteiger partial charge in [0, 0.05) is 29.3 Å². The van der Waals surface area contributed by atoms with Gasteiger partial charge in [0.1, 0.15) is 0 Å². The van der Waals surface area contributed by atoms with Gasteiger partial charge in [-0.2, -0.15) is 0 Å². The predicted molar refractivity (Wildman–Crippen MR) is 87.1 cm³/mol. The lowest BCUT2D eigenvalue weighted by molar-refractivity contribution is -0.384. The lowest BCUT2D eigenvalue weighted by atomic mass is 10.1. The van der Waals surface area contributed by atoms with Gasteiger partial charge in [-0.05, 0) is 23.8 Å². The predicted octanol–water partition coefficient (Wildman–Crippen LogP) is 2.96. The highest BCUT2D eigenvalue weighted by Gasteiger charge is 2.18. The molecule has 0 saturated carbocycles. The second kappa shape index (κ2) is 7.56. The van der Waals surface area contributed by atoms with Gasteiger partial charge in [-0.3, -0.25) is 14.9 Å². The SMILES string of the molecule is COC(=O)c1cc(C(=O)NCc2cccc(Cl)c2)cc([N+](=O)[O-])c1. The minimum Gasteiger partial charge on any atom is -0.465 e. The van der Waals surface area contributed by atoms with Crippen molar-refractivity contribution in [3.63, 3.8) is 0 Å². The lowest BCUT2D eigenvalue weighted by Gasteiger charge is -2.07. The topological polar surface area (TPSA) is 98.5 Å². The molecule has 1 N–H and O–H groups in total. The number of rotatable bonds is 5. The summed E-state index contributed by atoms with van der Waals surface area (Å²) >= 11 is 5.87. The van der Waals surface area contributed by atoms with E-state index >= 15 is 0 Å². The van der Waals surface area contributed by atoms with Crippen molar-refractivity contribution in [2.45, 2.75) is 6.54 Å². The minimum atomic E-state index is -0.761. The van der Waals surface area contributed by atoms with Crippen LogP contribution in [-0.2, 0) is 11.3 Å². The molecule has 0 fully saturated rings.